The maximum absolute atomic E-state index is 13.7. The lowest BCUT2D eigenvalue weighted by Crippen LogP contribution is -2.52. The maximum Gasteiger partial charge on any atom is 0.408 e. The highest BCUT2D eigenvalue weighted by Crippen LogP contribution is 2.24. The SMILES string of the molecule is CCCCCCCCN(C(=O)C(C)NC(=O)OC(C)(C)C)C(C(=O)NC(C)C)c1ccc(C)cc1. The highest BCUT2D eigenvalue weighted by molar-refractivity contribution is 5.92. The van der Waals surface area contributed by atoms with Crippen LogP contribution in [0.5, 0.6) is 0 Å². The van der Waals surface area contributed by atoms with Gasteiger partial charge in [-0.1, -0.05) is 68.9 Å². The Bertz CT molecular complexity index is 799. The topological polar surface area (TPSA) is 87.7 Å². The second kappa shape index (κ2) is 14.7. The van der Waals surface area contributed by atoms with Gasteiger partial charge in [0.2, 0.25) is 11.8 Å². The highest BCUT2D eigenvalue weighted by Gasteiger charge is 2.34. The van der Waals surface area contributed by atoms with Crippen molar-refractivity contribution in [3.63, 3.8) is 0 Å². The summed E-state index contributed by atoms with van der Waals surface area (Å²) in [6, 6.07) is 5.98. The van der Waals surface area contributed by atoms with Gasteiger partial charge in [0, 0.05) is 12.6 Å². The summed E-state index contributed by atoms with van der Waals surface area (Å²) >= 11 is 0. The van der Waals surface area contributed by atoms with Gasteiger partial charge in [0.1, 0.15) is 17.7 Å². The Morgan fingerprint density at radius 1 is 0.914 bits per heavy atom. The van der Waals surface area contributed by atoms with Crippen LogP contribution in [-0.2, 0) is 14.3 Å². The van der Waals surface area contributed by atoms with Gasteiger partial charge < -0.3 is 20.3 Å². The van der Waals surface area contributed by atoms with Crippen LogP contribution in [0.15, 0.2) is 24.3 Å². The second-order valence-electron chi connectivity index (χ2n) is 10.6. The van der Waals surface area contributed by atoms with Gasteiger partial charge in [-0.05, 0) is 60.5 Å². The summed E-state index contributed by atoms with van der Waals surface area (Å²) in [5.41, 5.74) is 1.15. The zero-order chi connectivity index (χ0) is 26.6. The molecule has 2 atom stereocenters. The van der Waals surface area contributed by atoms with Crippen LogP contribution in [0.25, 0.3) is 0 Å². The van der Waals surface area contributed by atoms with Crippen molar-refractivity contribution in [3.8, 4) is 0 Å². The lowest BCUT2D eigenvalue weighted by Gasteiger charge is -2.34. The first-order valence-electron chi connectivity index (χ1n) is 13.0. The number of benzene rings is 1. The van der Waals surface area contributed by atoms with E-state index >= 15 is 0 Å². The zero-order valence-corrected chi connectivity index (χ0v) is 23.1. The Balaban J connectivity index is 3.20. The minimum absolute atomic E-state index is 0.0706. The summed E-state index contributed by atoms with van der Waals surface area (Å²) in [6.45, 7) is 15.3. The molecule has 2 unspecified atom stereocenters. The number of carbonyl (C=O) groups is 3. The molecule has 0 fully saturated rings. The molecule has 7 heteroatoms. The fourth-order valence-corrected chi connectivity index (χ4v) is 3.81. The van der Waals surface area contributed by atoms with Crippen molar-refractivity contribution in [2.24, 2.45) is 0 Å². The average molecular weight is 490 g/mol. The average Bonchev–Trinajstić information content (AvgIpc) is 2.73. The van der Waals surface area contributed by atoms with Crippen LogP contribution >= 0.6 is 0 Å². The molecule has 35 heavy (non-hydrogen) atoms. The van der Waals surface area contributed by atoms with Gasteiger partial charge in [0.15, 0.2) is 0 Å². The first-order chi connectivity index (χ1) is 16.4. The van der Waals surface area contributed by atoms with Crippen LogP contribution in [0.1, 0.15) is 104 Å². The van der Waals surface area contributed by atoms with Crippen molar-refractivity contribution in [1.29, 1.82) is 0 Å². The minimum Gasteiger partial charge on any atom is -0.444 e. The lowest BCUT2D eigenvalue weighted by atomic mass is 10.0. The number of alkyl carbamates (subject to hydrolysis) is 1. The predicted molar refractivity (Wildman–Crippen MR) is 141 cm³/mol. The molecule has 3 amide bonds. The number of ether oxygens (including phenoxy) is 1. The fraction of sp³-hybridized carbons (Fsp3) is 0.679. The number of hydrogen-bond acceptors (Lipinski definition) is 4. The monoisotopic (exact) mass is 489 g/mol. The Hall–Kier alpha value is -2.57. The van der Waals surface area contributed by atoms with Crippen LogP contribution < -0.4 is 10.6 Å². The van der Waals surface area contributed by atoms with E-state index in [4.69, 9.17) is 4.74 Å². The standard InChI is InChI=1S/C28H47N3O4/c1-9-10-11-12-13-14-19-31(26(33)22(5)30-27(34)35-28(6,7)8)24(25(32)29-20(2)3)23-17-15-21(4)16-18-23/h15-18,20,22,24H,9-14,19H2,1-8H3,(H,29,32)(H,30,34). The molecule has 0 aliphatic carbocycles. The molecule has 0 radical (unpaired) electrons. The molecular weight excluding hydrogens is 442 g/mol. The van der Waals surface area contributed by atoms with E-state index in [1.54, 1.807) is 32.6 Å². The third-order valence-electron chi connectivity index (χ3n) is 5.52. The van der Waals surface area contributed by atoms with Crippen LogP contribution in [-0.4, -0.2) is 47.0 Å². The van der Waals surface area contributed by atoms with Gasteiger partial charge in [0.05, 0.1) is 0 Å². The van der Waals surface area contributed by atoms with E-state index in [0.717, 1.165) is 36.8 Å². The Morgan fingerprint density at radius 3 is 2.03 bits per heavy atom. The molecule has 198 valence electrons. The fourth-order valence-electron chi connectivity index (χ4n) is 3.81. The van der Waals surface area contributed by atoms with Gasteiger partial charge in [-0.2, -0.15) is 0 Å². The smallest absolute Gasteiger partial charge is 0.408 e. The number of nitrogens with one attached hydrogen (secondary N) is 2. The van der Waals surface area contributed by atoms with Gasteiger partial charge in [-0.25, -0.2) is 4.79 Å². The molecule has 0 bridgehead atoms. The molecule has 0 aromatic heterocycles. The summed E-state index contributed by atoms with van der Waals surface area (Å²) < 4.78 is 5.33. The Labute approximate surface area is 212 Å². The molecule has 0 spiro atoms. The van der Waals surface area contributed by atoms with Gasteiger partial charge in [0.25, 0.3) is 0 Å². The van der Waals surface area contributed by atoms with E-state index in [9.17, 15) is 14.4 Å². The molecule has 0 saturated carbocycles. The quantitative estimate of drug-likeness (QED) is 0.350. The van der Waals surface area contributed by atoms with Crippen molar-refractivity contribution in [1.82, 2.24) is 15.5 Å². The van der Waals surface area contributed by atoms with E-state index in [2.05, 4.69) is 17.6 Å². The molecule has 0 saturated heterocycles. The number of amides is 3. The first-order valence-corrected chi connectivity index (χ1v) is 13.0. The summed E-state index contributed by atoms with van der Waals surface area (Å²) in [7, 11) is 0. The Morgan fingerprint density at radius 2 is 1.49 bits per heavy atom. The zero-order valence-electron chi connectivity index (χ0n) is 23.1. The van der Waals surface area contributed by atoms with E-state index in [1.165, 1.54) is 12.8 Å². The van der Waals surface area contributed by atoms with Gasteiger partial charge in [-0.3, -0.25) is 9.59 Å². The summed E-state index contributed by atoms with van der Waals surface area (Å²) in [5, 5.41) is 5.62. The largest absolute Gasteiger partial charge is 0.444 e. The third kappa shape index (κ3) is 11.6. The Kier molecular flexibility index (Phi) is 12.8. The van der Waals surface area contributed by atoms with Crippen molar-refractivity contribution in [3.05, 3.63) is 35.4 Å². The third-order valence-corrected chi connectivity index (χ3v) is 5.52. The van der Waals surface area contributed by atoms with E-state index < -0.39 is 23.8 Å². The van der Waals surface area contributed by atoms with Crippen LogP contribution in [0.4, 0.5) is 4.79 Å². The number of carbonyl (C=O) groups excluding carboxylic acids is 3. The summed E-state index contributed by atoms with van der Waals surface area (Å²) in [4.78, 5) is 41.0. The molecule has 0 aliphatic rings. The number of nitrogens with zero attached hydrogens (tertiary/aromatic N) is 1. The molecule has 1 rings (SSSR count). The molecular formula is C28H47N3O4. The van der Waals surface area contributed by atoms with E-state index in [1.807, 2.05) is 45.0 Å². The molecule has 1 aromatic rings. The number of unbranched alkanes of at least 4 members (excludes halogenated alkanes) is 5. The second-order valence-corrected chi connectivity index (χ2v) is 10.6. The van der Waals surface area contributed by atoms with Gasteiger partial charge in [-0.15, -0.1) is 0 Å². The minimum atomic E-state index is -0.843. The van der Waals surface area contributed by atoms with Crippen molar-refractivity contribution >= 4 is 17.9 Å². The normalized spacial score (nSPS) is 13.2. The molecule has 0 heterocycles. The molecule has 7 nitrogen and oxygen atoms in total. The number of rotatable bonds is 13. The lowest BCUT2D eigenvalue weighted by molar-refractivity contribution is -0.142. The van der Waals surface area contributed by atoms with E-state index in [0.29, 0.717) is 6.54 Å². The number of hydrogen-bond donors (Lipinski definition) is 2. The van der Waals surface area contributed by atoms with Crippen molar-refractivity contribution in [2.45, 2.75) is 118 Å². The first kappa shape index (κ1) is 30.5. The maximum atomic E-state index is 13.7. The van der Waals surface area contributed by atoms with Crippen molar-refractivity contribution < 1.29 is 19.1 Å². The molecule has 1 aromatic carbocycles. The van der Waals surface area contributed by atoms with Crippen LogP contribution in [0.3, 0.4) is 0 Å². The molecule has 2 N–H and O–H groups in total. The summed E-state index contributed by atoms with van der Waals surface area (Å²) in [5.74, 6) is -0.540. The number of aryl methyl sites for hydroxylation is 1. The summed E-state index contributed by atoms with van der Waals surface area (Å²) in [6.07, 6.45) is 5.73. The van der Waals surface area contributed by atoms with Crippen LogP contribution in [0, 0.1) is 6.92 Å². The van der Waals surface area contributed by atoms with Gasteiger partial charge >= 0.3 is 6.09 Å². The highest BCUT2D eigenvalue weighted by atomic mass is 16.6. The van der Waals surface area contributed by atoms with E-state index in [-0.39, 0.29) is 17.9 Å². The molecule has 0 aliphatic heterocycles. The van der Waals surface area contributed by atoms with Crippen molar-refractivity contribution in [2.75, 3.05) is 6.54 Å². The van der Waals surface area contributed by atoms with Crippen LogP contribution in [0.2, 0.25) is 0 Å². The predicted octanol–water partition coefficient (Wildman–Crippen LogP) is 5.66.